The van der Waals surface area contributed by atoms with Gasteiger partial charge in [0, 0.05) is 11.1 Å². The minimum absolute atomic E-state index is 0.338. The normalized spacial score (nSPS) is 15.0. The van der Waals surface area contributed by atoms with E-state index in [2.05, 4.69) is 20.5 Å². The van der Waals surface area contributed by atoms with Crippen LogP contribution in [0.4, 0.5) is 10.2 Å². The van der Waals surface area contributed by atoms with Crippen LogP contribution in [0.2, 0.25) is 0 Å². The van der Waals surface area contributed by atoms with Gasteiger partial charge in [-0.15, -0.1) is 10.2 Å². The summed E-state index contributed by atoms with van der Waals surface area (Å²) in [5.74, 6) is -0.215. The maximum Gasteiger partial charge on any atom is 0.248 e. The summed E-state index contributed by atoms with van der Waals surface area (Å²) in [5.41, 5.74) is 7.63. The number of pyridine rings is 1. The minimum atomic E-state index is -0.484. The van der Waals surface area contributed by atoms with Gasteiger partial charge >= 0.3 is 0 Å². The zero-order valence-corrected chi connectivity index (χ0v) is 14.5. The van der Waals surface area contributed by atoms with Crippen LogP contribution in [0.1, 0.15) is 35.3 Å². The van der Waals surface area contributed by atoms with E-state index in [0.29, 0.717) is 17.1 Å². The number of benzene rings is 1. The average molecular weight is 363 g/mol. The number of anilines is 1. The lowest BCUT2D eigenvalue weighted by atomic mass is 9.74. The second-order valence-corrected chi connectivity index (χ2v) is 6.67. The zero-order valence-electron chi connectivity index (χ0n) is 14.5. The van der Waals surface area contributed by atoms with Crippen molar-refractivity contribution in [2.45, 2.75) is 24.8 Å². The van der Waals surface area contributed by atoms with Crippen molar-refractivity contribution in [3.8, 4) is 11.3 Å². The number of hydrogen-bond acceptors (Lipinski definition) is 5. The van der Waals surface area contributed by atoms with E-state index in [1.54, 1.807) is 24.3 Å². The lowest BCUT2D eigenvalue weighted by Gasteiger charge is -2.42. The van der Waals surface area contributed by atoms with Gasteiger partial charge in [0.25, 0.3) is 0 Å². The third-order valence-electron chi connectivity index (χ3n) is 4.90. The first-order chi connectivity index (χ1) is 13.1. The number of primary amides is 1. The second kappa shape index (κ2) is 6.75. The van der Waals surface area contributed by atoms with Crippen LogP contribution in [-0.4, -0.2) is 21.1 Å². The van der Waals surface area contributed by atoms with Gasteiger partial charge in [-0.05, 0) is 55.7 Å². The van der Waals surface area contributed by atoms with E-state index < -0.39 is 5.91 Å². The van der Waals surface area contributed by atoms with Crippen LogP contribution in [0.5, 0.6) is 0 Å². The van der Waals surface area contributed by atoms with Gasteiger partial charge in [0.15, 0.2) is 0 Å². The van der Waals surface area contributed by atoms with Crippen LogP contribution < -0.4 is 11.1 Å². The second-order valence-electron chi connectivity index (χ2n) is 6.67. The van der Waals surface area contributed by atoms with Gasteiger partial charge in [0.1, 0.15) is 11.6 Å². The molecule has 3 N–H and O–H groups in total. The Morgan fingerprint density at radius 3 is 2.56 bits per heavy atom. The van der Waals surface area contributed by atoms with Crippen molar-refractivity contribution in [2.24, 2.45) is 5.73 Å². The monoisotopic (exact) mass is 363 g/mol. The Morgan fingerprint density at radius 2 is 1.96 bits per heavy atom. The molecule has 1 saturated carbocycles. The third-order valence-corrected chi connectivity index (χ3v) is 4.90. The molecule has 1 aliphatic carbocycles. The van der Waals surface area contributed by atoms with E-state index in [1.165, 1.54) is 12.3 Å². The Labute approximate surface area is 155 Å². The van der Waals surface area contributed by atoms with E-state index in [0.717, 1.165) is 30.5 Å². The highest BCUT2D eigenvalue weighted by atomic mass is 19.1. The fourth-order valence-corrected chi connectivity index (χ4v) is 3.26. The summed E-state index contributed by atoms with van der Waals surface area (Å²) in [5, 5.41) is 11.9. The molecule has 4 rings (SSSR count). The predicted octanol–water partition coefficient (Wildman–Crippen LogP) is 3.27. The maximum absolute atomic E-state index is 13.2. The van der Waals surface area contributed by atoms with E-state index >= 15 is 0 Å². The molecular formula is C20H18FN5O. The number of nitrogens with one attached hydrogen (secondary N) is 1. The molecule has 2 heterocycles. The van der Waals surface area contributed by atoms with Crippen molar-refractivity contribution in [3.63, 3.8) is 0 Å². The molecule has 1 fully saturated rings. The first-order valence-electron chi connectivity index (χ1n) is 8.70. The van der Waals surface area contributed by atoms with Gasteiger partial charge in [-0.2, -0.15) is 0 Å². The van der Waals surface area contributed by atoms with Gasteiger partial charge in [-0.3, -0.25) is 9.78 Å². The molecule has 0 unspecified atom stereocenters. The Balaban J connectivity index is 1.56. The minimum Gasteiger partial charge on any atom is -0.366 e. The zero-order chi connectivity index (χ0) is 18.9. The molecule has 0 spiro atoms. The van der Waals surface area contributed by atoms with Crippen LogP contribution >= 0.6 is 0 Å². The van der Waals surface area contributed by atoms with Gasteiger partial charge < -0.3 is 11.1 Å². The molecule has 1 aliphatic rings. The lowest BCUT2D eigenvalue weighted by Crippen LogP contribution is -2.43. The highest BCUT2D eigenvalue weighted by molar-refractivity contribution is 5.93. The molecule has 2 aromatic heterocycles. The largest absolute Gasteiger partial charge is 0.366 e. The number of nitrogens with two attached hydrogens (primary N) is 1. The van der Waals surface area contributed by atoms with Crippen LogP contribution in [0.3, 0.4) is 0 Å². The molecule has 136 valence electrons. The summed E-state index contributed by atoms with van der Waals surface area (Å²) in [6.45, 7) is 0. The Kier molecular flexibility index (Phi) is 4.27. The molecule has 1 aromatic carbocycles. The summed E-state index contributed by atoms with van der Waals surface area (Å²) < 4.78 is 13.2. The highest BCUT2D eigenvalue weighted by Gasteiger charge is 2.40. The number of carbonyl (C=O) groups is 1. The van der Waals surface area contributed by atoms with Crippen LogP contribution in [-0.2, 0) is 5.54 Å². The fraction of sp³-hybridized carbons (Fsp3) is 0.200. The highest BCUT2D eigenvalue weighted by Crippen LogP contribution is 2.42. The van der Waals surface area contributed by atoms with E-state index in [-0.39, 0.29) is 11.4 Å². The molecule has 0 bridgehead atoms. The summed E-state index contributed by atoms with van der Waals surface area (Å²) in [6, 6.07) is 13.7. The first kappa shape index (κ1) is 17.1. The SMILES string of the molecule is NC(=O)c1cccc(-c2ccc(NC3(c4ccc(F)cn4)CCC3)nn2)c1. The third kappa shape index (κ3) is 3.36. The van der Waals surface area contributed by atoms with Gasteiger partial charge in [0.2, 0.25) is 5.91 Å². The number of halogens is 1. The van der Waals surface area contributed by atoms with Crippen LogP contribution in [0.25, 0.3) is 11.3 Å². The molecule has 7 heteroatoms. The van der Waals surface area contributed by atoms with E-state index in [9.17, 15) is 9.18 Å². The predicted molar refractivity (Wildman–Crippen MR) is 99.3 cm³/mol. The van der Waals surface area contributed by atoms with Crippen molar-refractivity contribution in [2.75, 3.05) is 5.32 Å². The molecule has 1 amide bonds. The topological polar surface area (TPSA) is 93.8 Å². The number of aromatic nitrogens is 3. The van der Waals surface area contributed by atoms with Gasteiger partial charge in [-0.1, -0.05) is 12.1 Å². The van der Waals surface area contributed by atoms with Crippen molar-refractivity contribution >= 4 is 11.7 Å². The average Bonchev–Trinajstić information content (AvgIpc) is 2.66. The maximum atomic E-state index is 13.2. The lowest BCUT2D eigenvalue weighted by molar-refractivity contribution is 0.100. The van der Waals surface area contributed by atoms with Crippen molar-refractivity contribution < 1.29 is 9.18 Å². The number of amides is 1. The number of hydrogen-bond donors (Lipinski definition) is 2. The Bertz CT molecular complexity index is 968. The molecule has 0 atom stereocenters. The Hall–Kier alpha value is -3.35. The van der Waals surface area contributed by atoms with Gasteiger partial charge in [-0.25, -0.2) is 4.39 Å². The summed E-state index contributed by atoms with van der Waals surface area (Å²) >= 11 is 0. The molecule has 6 nitrogen and oxygen atoms in total. The van der Waals surface area contributed by atoms with Crippen LogP contribution in [0, 0.1) is 5.82 Å². The quantitative estimate of drug-likeness (QED) is 0.726. The van der Waals surface area contributed by atoms with Gasteiger partial charge in [0.05, 0.1) is 23.1 Å². The van der Waals surface area contributed by atoms with Crippen molar-refractivity contribution in [3.05, 3.63) is 71.8 Å². The van der Waals surface area contributed by atoms with E-state index in [1.807, 2.05) is 18.2 Å². The summed E-state index contributed by atoms with van der Waals surface area (Å²) in [6.07, 6.45) is 4.10. The van der Waals surface area contributed by atoms with Crippen LogP contribution in [0.15, 0.2) is 54.7 Å². The number of rotatable bonds is 5. The molecule has 0 aliphatic heterocycles. The van der Waals surface area contributed by atoms with Crippen molar-refractivity contribution in [1.29, 1.82) is 0 Å². The smallest absolute Gasteiger partial charge is 0.248 e. The molecular weight excluding hydrogens is 345 g/mol. The van der Waals surface area contributed by atoms with E-state index in [4.69, 9.17) is 5.73 Å². The summed E-state index contributed by atoms with van der Waals surface area (Å²) in [4.78, 5) is 15.6. The first-order valence-corrected chi connectivity index (χ1v) is 8.70. The van der Waals surface area contributed by atoms with Crippen molar-refractivity contribution in [1.82, 2.24) is 15.2 Å². The fourth-order valence-electron chi connectivity index (χ4n) is 3.26. The molecule has 0 saturated heterocycles. The molecule has 27 heavy (non-hydrogen) atoms. The molecule has 3 aromatic rings. The number of nitrogens with zero attached hydrogens (tertiary/aromatic N) is 3. The standard InChI is InChI=1S/C20H18FN5O/c21-15-5-7-17(23-12-15)20(9-2-10-20)24-18-8-6-16(25-26-18)13-3-1-4-14(11-13)19(22)27/h1,3-8,11-12H,2,9-10H2,(H2,22,27)(H,24,26). The summed E-state index contributed by atoms with van der Waals surface area (Å²) in [7, 11) is 0. The molecule has 0 radical (unpaired) electrons. The number of carbonyl (C=O) groups excluding carboxylic acids is 1. The Morgan fingerprint density at radius 1 is 1.11 bits per heavy atom.